The fourth-order valence-corrected chi connectivity index (χ4v) is 2.06. The normalized spacial score (nSPS) is 16.9. The molecule has 1 aliphatic rings. The third-order valence-electron chi connectivity index (χ3n) is 2.32. The van der Waals surface area contributed by atoms with Gasteiger partial charge in [0, 0.05) is 11.6 Å². The molecule has 100 valence electrons. The first-order valence-corrected chi connectivity index (χ1v) is 6.46. The summed E-state index contributed by atoms with van der Waals surface area (Å²) >= 11 is 1.33. The number of methoxy groups -OCH3 is 2. The van der Waals surface area contributed by atoms with Crippen LogP contribution in [0.4, 0.5) is 0 Å². The number of rotatable bonds is 4. The van der Waals surface area contributed by atoms with E-state index in [1.807, 2.05) is 12.1 Å². The monoisotopic (exact) mass is 279 g/mol. The molecular formula is C12H13N3O3S. The van der Waals surface area contributed by atoms with Crippen molar-refractivity contribution in [2.45, 2.75) is 0 Å². The Morgan fingerprint density at radius 1 is 1.26 bits per heavy atom. The van der Waals surface area contributed by atoms with Crippen LogP contribution >= 0.6 is 11.8 Å². The van der Waals surface area contributed by atoms with Gasteiger partial charge in [0.2, 0.25) is 5.91 Å². The van der Waals surface area contributed by atoms with Crippen molar-refractivity contribution in [3.8, 4) is 11.5 Å². The molecule has 7 heteroatoms. The van der Waals surface area contributed by atoms with Crippen molar-refractivity contribution in [3.05, 3.63) is 23.8 Å². The molecule has 0 unspecified atom stereocenters. The van der Waals surface area contributed by atoms with Crippen molar-refractivity contribution in [1.82, 2.24) is 5.32 Å². The van der Waals surface area contributed by atoms with Crippen LogP contribution in [-0.2, 0) is 4.79 Å². The quantitative estimate of drug-likeness (QED) is 0.665. The number of nitrogens with one attached hydrogen (secondary N) is 1. The SMILES string of the molecule is COc1cc(/C=N/N=C2/NC(=O)CS2)cc(OC)c1. The van der Waals surface area contributed by atoms with E-state index in [2.05, 4.69) is 15.5 Å². The van der Waals surface area contributed by atoms with E-state index in [0.717, 1.165) is 5.56 Å². The van der Waals surface area contributed by atoms with E-state index < -0.39 is 0 Å². The molecule has 1 aromatic rings. The van der Waals surface area contributed by atoms with E-state index in [4.69, 9.17) is 9.47 Å². The number of thioether (sulfide) groups is 1. The summed E-state index contributed by atoms with van der Waals surface area (Å²) in [5.74, 6) is 1.69. The maximum absolute atomic E-state index is 11.0. The van der Waals surface area contributed by atoms with Gasteiger partial charge in [0.25, 0.3) is 0 Å². The summed E-state index contributed by atoms with van der Waals surface area (Å²) in [6, 6.07) is 5.40. The van der Waals surface area contributed by atoms with Crippen LogP contribution in [0.2, 0.25) is 0 Å². The van der Waals surface area contributed by atoms with Gasteiger partial charge in [0.15, 0.2) is 5.17 Å². The molecule has 1 aromatic carbocycles. The molecule has 6 nitrogen and oxygen atoms in total. The summed E-state index contributed by atoms with van der Waals surface area (Å²) in [6.45, 7) is 0. The van der Waals surface area contributed by atoms with E-state index in [0.29, 0.717) is 22.4 Å². The lowest BCUT2D eigenvalue weighted by Crippen LogP contribution is -2.19. The molecule has 1 N–H and O–H groups in total. The fourth-order valence-electron chi connectivity index (χ4n) is 1.43. The first-order chi connectivity index (χ1) is 9.21. The number of carbonyl (C=O) groups is 1. The molecule has 0 radical (unpaired) electrons. The van der Waals surface area contributed by atoms with Crippen molar-refractivity contribution in [1.29, 1.82) is 0 Å². The van der Waals surface area contributed by atoms with Crippen LogP contribution in [0.5, 0.6) is 11.5 Å². The van der Waals surface area contributed by atoms with Gasteiger partial charge in [-0.3, -0.25) is 4.79 Å². The maximum atomic E-state index is 11.0. The number of hydrogen-bond acceptors (Lipinski definition) is 6. The van der Waals surface area contributed by atoms with Crippen LogP contribution in [-0.4, -0.2) is 37.3 Å². The zero-order valence-electron chi connectivity index (χ0n) is 10.5. The molecule has 0 spiro atoms. The summed E-state index contributed by atoms with van der Waals surface area (Å²) in [4.78, 5) is 11.0. The first-order valence-electron chi connectivity index (χ1n) is 5.48. The second-order valence-electron chi connectivity index (χ2n) is 3.63. The number of hydrogen-bond donors (Lipinski definition) is 1. The molecule has 1 fully saturated rings. The molecule has 2 rings (SSSR count). The Morgan fingerprint density at radius 3 is 2.47 bits per heavy atom. The van der Waals surface area contributed by atoms with Crippen LogP contribution < -0.4 is 14.8 Å². The van der Waals surface area contributed by atoms with Gasteiger partial charge in [0.1, 0.15) is 11.5 Å². The van der Waals surface area contributed by atoms with Gasteiger partial charge < -0.3 is 14.8 Å². The Hall–Kier alpha value is -2.02. The number of benzene rings is 1. The van der Waals surface area contributed by atoms with Gasteiger partial charge >= 0.3 is 0 Å². The standard InChI is InChI=1S/C12H13N3O3S/c1-17-9-3-8(4-10(5-9)18-2)6-13-15-12-14-11(16)7-19-12/h3-6H,7H2,1-2H3,(H,14,15,16)/b13-6+. The molecule has 0 bridgehead atoms. The molecule has 0 aromatic heterocycles. The summed E-state index contributed by atoms with van der Waals surface area (Å²) in [5, 5.41) is 10.9. The third-order valence-corrected chi connectivity index (χ3v) is 3.18. The van der Waals surface area contributed by atoms with Crippen molar-refractivity contribution in [2.75, 3.05) is 20.0 Å². The lowest BCUT2D eigenvalue weighted by Gasteiger charge is -2.04. The van der Waals surface area contributed by atoms with Gasteiger partial charge in [-0.15, -0.1) is 5.10 Å². The minimum absolute atomic E-state index is 0.0537. The topological polar surface area (TPSA) is 72.3 Å². The first kappa shape index (κ1) is 13.4. The van der Waals surface area contributed by atoms with Crippen molar-refractivity contribution >= 4 is 29.1 Å². The number of ether oxygens (including phenoxy) is 2. The zero-order valence-corrected chi connectivity index (χ0v) is 11.4. The van der Waals surface area contributed by atoms with E-state index in [1.165, 1.54) is 11.8 Å². The van der Waals surface area contributed by atoms with Gasteiger partial charge in [-0.25, -0.2) is 0 Å². The van der Waals surface area contributed by atoms with Gasteiger partial charge in [-0.05, 0) is 12.1 Å². The average molecular weight is 279 g/mol. The lowest BCUT2D eigenvalue weighted by molar-refractivity contribution is -0.116. The predicted molar refractivity (Wildman–Crippen MR) is 75.2 cm³/mol. The minimum Gasteiger partial charge on any atom is -0.497 e. The van der Waals surface area contributed by atoms with Crippen molar-refractivity contribution in [2.24, 2.45) is 10.2 Å². The van der Waals surface area contributed by atoms with Crippen LogP contribution in [0, 0.1) is 0 Å². The fraction of sp³-hybridized carbons (Fsp3) is 0.250. The second kappa shape index (κ2) is 6.24. The Kier molecular flexibility index (Phi) is 4.40. The van der Waals surface area contributed by atoms with E-state index in [9.17, 15) is 4.79 Å². The van der Waals surface area contributed by atoms with E-state index in [1.54, 1.807) is 26.5 Å². The van der Waals surface area contributed by atoms with E-state index in [-0.39, 0.29) is 5.91 Å². The van der Waals surface area contributed by atoms with Gasteiger partial charge in [-0.1, -0.05) is 11.8 Å². The number of amides is 1. The summed E-state index contributed by atoms with van der Waals surface area (Å²) in [7, 11) is 3.17. The molecule has 1 heterocycles. The molecule has 0 saturated carbocycles. The van der Waals surface area contributed by atoms with Crippen molar-refractivity contribution < 1.29 is 14.3 Å². The molecule has 1 amide bonds. The molecule has 1 saturated heterocycles. The summed E-state index contributed by atoms with van der Waals surface area (Å²) < 4.78 is 10.3. The van der Waals surface area contributed by atoms with Crippen molar-refractivity contribution in [3.63, 3.8) is 0 Å². The predicted octanol–water partition coefficient (Wildman–Crippen LogP) is 1.26. The average Bonchev–Trinajstić information content (AvgIpc) is 2.84. The van der Waals surface area contributed by atoms with Crippen LogP contribution in [0.1, 0.15) is 5.56 Å². The van der Waals surface area contributed by atoms with Gasteiger partial charge in [-0.2, -0.15) is 5.10 Å². The molecule has 0 atom stereocenters. The molecule has 0 aliphatic carbocycles. The molecular weight excluding hydrogens is 266 g/mol. The maximum Gasteiger partial charge on any atom is 0.236 e. The second-order valence-corrected chi connectivity index (χ2v) is 4.60. The lowest BCUT2D eigenvalue weighted by atomic mass is 10.2. The van der Waals surface area contributed by atoms with E-state index >= 15 is 0 Å². The highest BCUT2D eigenvalue weighted by atomic mass is 32.2. The largest absolute Gasteiger partial charge is 0.497 e. The Balaban J connectivity index is 2.11. The van der Waals surface area contributed by atoms with Crippen LogP contribution in [0.3, 0.4) is 0 Å². The number of amidine groups is 1. The van der Waals surface area contributed by atoms with Gasteiger partial charge in [0.05, 0.1) is 26.2 Å². The summed E-state index contributed by atoms with van der Waals surface area (Å²) in [6.07, 6.45) is 1.57. The highest BCUT2D eigenvalue weighted by Gasteiger charge is 2.15. The highest BCUT2D eigenvalue weighted by Crippen LogP contribution is 2.21. The highest BCUT2D eigenvalue weighted by molar-refractivity contribution is 8.15. The number of nitrogens with zero attached hydrogens (tertiary/aromatic N) is 2. The Bertz CT molecular complexity index is 521. The molecule has 1 aliphatic heterocycles. The smallest absolute Gasteiger partial charge is 0.236 e. The number of carbonyl (C=O) groups excluding carboxylic acids is 1. The minimum atomic E-state index is -0.0537. The zero-order chi connectivity index (χ0) is 13.7. The summed E-state index contributed by atoms with van der Waals surface area (Å²) in [5.41, 5.74) is 0.801. The Morgan fingerprint density at radius 2 is 1.95 bits per heavy atom. The van der Waals surface area contributed by atoms with Crippen LogP contribution in [0.25, 0.3) is 0 Å². The molecule has 19 heavy (non-hydrogen) atoms. The Labute approximate surface area is 114 Å². The van der Waals surface area contributed by atoms with Crippen LogP contribution in [0.15, 0.2) is 28.4 Å². The third kappa shape index (κ3) is 3.72.